The minimum atomic E-state index is -3.88. The third-order valence-electron chi connectivity index (χ3n) is 3.53. The highest BCUT2D eigenvalue weighted by Gasteiger charge is 2.16. The maximum Gasteiger partial charge on any atom is 0.326 e. The molecular formula is C18H16N2O4S. The zero-order valence-corrected chi connectivity index (χ0v) is 14.3. The molecule has 7 heteroatoms. The predicted molar refractivity (Wildman–Crippen MR) is 97.4 cm³/mol. The van der Waals surface area contributed by atoms with Crippen molar-refractivity contribution in [3.63, 3.8) is 0 Å². The van der Waals surface area contributed by atoms with Crippen LogP contribution in [0.5, 0.6) is 0 Å². The van der Waals surface area contributed by atoms with Crippen molar-refractivity contribution in [3.05, 3.63) is 76.3 Å². The van der Waals surface area contributed by atoms with Crippen LogP contribution in [-0.4, -0.2) is 23.9 Å². The molecule has 3 aromatic rings. The normalized spacial score (nSPS) is 11.9. The lowest BCUT2D eigenvalue weighted by molar-refractivity contribution is 0.263. The Morgan fingerprint density at radius 3 is 2.44 bits per heavy atom. The Labute approximate surface area is 145 Å². The first kappa shape index (κ1) is 16.9. The minimum Gasteiger partial charge on any atom is -0.282 e. The Kier molecular flexibility index (Phi) is 4.67. The summed E-state index contributed by atoms with van der Waals surface area (Å²) in [6, 6.07) is 16.1. The van der Waals surface area contributed by atoms with Crippen LogP contribution < -0.4 is 9.84 Å². The van der Waals surface area contributed by atoms with Gasteiger partial charge in [0.2, 0.25) is 0 Å². The Hall–Kier alpha value is -2.93. The van der Waals surface area contributed by atoms with Gasteiger partial charge in [0.05, 0.1) is 16.7 Å². The maximum absolute atomic E-state index is 12.7. The quantitative estimate of drug-likeness (QED) is 0.701. The fraction of sp³-hybridized carbons (Fsp3) is 0.111. The number of fused-ring (bicyclic) bond motifs is 1. The molecule has 0 amide bonds. The summed E-state index contributed by atoms with van der Waals surface area (Å²) in [6.45, 7) is 1.44. The van der Waals surface area contributed by atoms with E-state index < -0.39 is 15.7 Å². The van der Waals surface area contributed by atoms with Crippen molar-refractivity contribution >= 4 is 33.2 Å². The molecule has 0 unspecified atom stereocenters. The lowest BCUT2D eigenvalue weighted by atomic mass is 10.2. The molecule has 3 rings (SSSR count). The molecule has 0 aliphatic heterocycles. The predicted octanol–water partition coefficient (Wildman–Crippen LogP) is 2.35. The van der Waals surface area contributed by atoms with Crippen molar-refractivity contribution in [2.45, 2.75) is 6.92 Å². The van der Waals surface area contributed by atoms with Gasteiger partial charge < -0.3 is 0 Å². The average Bonchev–Trinajstić information content (AvgIpc) is 2.63. The van der Waals surface area contributed by atoms with E-state index in [9.17, 15) is 13.2 Å². The van der Waals surface area contributed by atoms with Crippen LogP contribution in [0.4, 0.5) is 0 Å². The molecule has 2 aromatic carbocycles. The standard InChI is InChI=1S/C18H16N2O4S/c1-2-25(22,23)24-20-17(13-12-14-8-4-3-5-9-14)19-16-11-7-6-10-15(16)18(20)21/h3-13H,2H2,1H3. The number of hydrogen-bond acceptors (Lipinski definition) is 5. The van der Waals surface area contributed by atoms with E-state index in [1.807, 2.05) is 30.3 Å². The van der Waals surface area contributed by atoms with Crippen LogP contribution >= 0.6 is 0 Å². The first-order chi connectivity index (χ1) is 12.0. The van der Waals surface area contributed by atoms with Gasteiger partial charge in [-0.15, -0.1) is 4.73 Å². The topological polar surface area (TPSA) is 78.3 Å². The highest BCUT2D eigenvalue weighted by Crippen LogP contribution is 2.11. The molecule has 0 N–H and O–H groups in total. The summed E-state index contributed by atoms with van der Waals surface area (Å²) in [5, 5.41) is 0.283. The molecule has 0 aliphatic rings. The molecule has 0 fully saturated rings. The third kappa shape index (κ3) is 3.77. The molecule has 25 heavy (non-hydrogen) atoms. The molecule has 0 saturated heterocycles. The monoisotopic (exact) mass is 356 g/mol. The Bertz CT molecular complexity index is 1090. The van der Waals surface area contributed by atoms with Gasteiger partial charge in [0, 0.05) is 0 Å². The van der Waals surface area contributed by atoms with Crippen molar-refractivity contribution in [2.75, 3.05) is 5.75 Å². The largest absolute Gasteiger partial charge is 0.326 e. The van der Waals surface area contributed by atoms with Crippen LogP contribution in [0.15, 0.2) is 59.4 Å². The summed E-state index contributed by atoms with van der Waals surface area (Å²) >= 11 is 0. The van der Waals surface area contributed by atoms with Gasteiger partial charge in [-0.2, -0.15) is 8.42 Å². The van der Waals surface area contributed by atoms with Crippen molar-refractivity contribution in [1.82, 2.24) is 9.71 Å². The van der Waals surface area contributed by atoms with E-state index in [2.05, 4.69) is 4.98 Å². The number of para-hydroxylation sites is 1. The molecule has 1 aromatic heterocycles. The summed E-state index contributed by atoms with van der Waals surface area (Å²) in [5.74, 6) is -0.154. The van der Waals surface area contributed by atoms with Gasteiger partial charge in [-0.3, -0.25) is 9.08 Å². The summed E-state index contributed by atoms with van der Waals surface area (Å²) < 4.78 is 29.4. The fourth-order valence-electron chi connectivity index (χ4n) is 2.21. The molecule has 1 heterocycles. The van der Waals surface area contributed by atoms with E-state index in [0.29, 0.717) is 5.52 Å². The first-order valence-corrected chi connectivity index (χ1v) is 9.25. The first-order valence-electron chi connectivity index (χ1n) is 7.68. The van der Waals surface area contributed by atoms with E-state index in [4.69, 9.17) is 4.28 Å². The Balaban J connectivity index is 2.18. The molecule has 128 valence electrons. The SMILES string of the molecule is CCS(=O)(=O)On1c(C=Cc2ccccc2)nc2ccccc2c1=O. The van der Waals surface area contributed by atoms with Gasteiger partial charge in [0.25, 0.3) is 5.56 Å². The molecule has 0 spiro atoms. The third-order valence-corrected chi connectivity index (χ3v) is 4.61. The zero-order chi connectivity index (χ0) is 17.9. The summed E-state index contributed by atoms with van der Waals surface area (Å²) in [6.07, 6.45) is 3.28. The van der Waals surface area contributed by atoms with Gasteiger partial charge in [-0.05, 0) is 30.7 Å². The zero-order valence-electron chi connectivity index (χ0n) is 13.5. The number of nitrogens with zero attached hydrogens (tertiary/aromatic N) is 2. The molecule has 6 nitrogen and oxygen atoms in total. The van der Waals surface area contributed by atoms with Crippen molar-refractivity contribution < 1.29 is 12.7 Å². The number of benzene rings is 2. The van der Waals surface area contributed by atoms with Crippen LogP contribution in [0.1, 0.15) is 18.3 Å². The molecule has 0 aliphatic carbocycles. The number of rotatable bonds is 5. The Morgan fingerprint density at radius 2 is 1.72 bits per heavy atom. The molecule has 0 bridgehead atoms. The summed E-state index contributed by atoms with van der Waals surface area (Å²) in [4.78, 5) is 17.0. The highest BCUT2D eigenvalue weighted by atomic mass is 32.2. The number of aromatic nitrogens is 2. The van der Waals surface area contributed by atoms with E-state index in [-0.39, 0.29) is 17.0 Å². The molecule has 0 saturated carbocycles. The minimum absolute atomic E-state index is 0.101. The van der Waals surface area contributed by atoms with Gasteiger partial charge in [0.1, 0.15) is 0 Å². The van der Waals surface area contributed by atoms with E-state index in [0.717, 1.165) is 10.3 Å². The molecule has 0 radical (unpaired) electrons. The van der Waals surface area contributed by atoms with Crippen molar-refractivity contribution in [1.29, 1.82) is 0 Å². The lowest BCUT2D eigenvalue weighted by Crippen LogP contribution is -2.34. The van der Waals surface area contributed by atoms with Crippen LogP contribution in [0.25, 0.3) is 23.1 Å². The van der Waals surface area contributed by atoms with Crippen LogP contribution in [0, 0.1) is 0 Å². The number of hydrogen-bond donors (Lipinski definition) is 0. The van der Waals surface area contributed by atoms with Crippen molar-refractivity contribution in [3.8, 4) is 0 Å². The van der Waals surface area contributed by atoms with Gasteiger partial charge >= 0.3 is 10.1 Å². The van der Waals surface area contributed by atoms with Gasteiger partial charge in [-0.1, -0.05) is 48.5 Å². The van der Waals surface area contributed by atoms with Crippen LogP contribution in [0.3, 0.4) is 0 Å². The van der Waals surface area contributed by atoms with Crippen LogP contribution in [0.2, 0.25) is 0 Å². The molecule has 0 atom stereocenters. The summed E-state index contributed by atoms with van der Waals surface area (Å²) in [5.41, 5.74) is 0.777. The lowest BCUT2D eigenvalue weighted by Gasteiger charge is -2.11. The van der Waals surface area contributed by atoms with Crippen molar-refractivity contribution in [2.24, 2.45) is 0 Å². The molecular weight excluding hydrogens is 340 g/mol. The van der Waals surface area contributed by atoms with Gasteiger partial charge in [-0.25, -0.2) is 4.98 Å². The van der Waals surface area contributed by atoms with E-state index >= 15 is 0 Å². The highest BCUT2D eigenvalue weighted by molar-refractivity contribution is 7.86. The second-order valence-electron chi connectivity index (χ2n) is 5.25. The smallest absolute Gasteiger partial charge is 0.282 e. The average molecular weight is 356 g/mol. The fourth-order valence-corrected chi connectivity index (χ4v) is 2.69. The van der Waals surface area contributed by atoms with Crippen LogP contribution in [-0.2, 0) is 10.1 Å². The van der Waals surface area contributed by atoms with E-state index in [1.54, 1.807) is 36.4 Å². The maximum atomic E-state index is 12.7. The second-order valence-corrected chi connectivity index (χ2v) is 7.09. The Morgan fingerprint density at radius 1 is 1.04 bits per heavy atom. The van der Waals surface area contributed by atoms with Gasteiger partial charge in [0.15, 0.2) is 5.82 Å². The second kappa shape index (κ2) is 6.90. The summed E-state index contributed by atoms with van der Waals surface area (Å²) in [7, 11) is -3.88. The van der Waals surface area contributed by atoms with E-state index in [1.165, 1.54) is 6.92 Å².